The molecular formula is C17H20N6OS. The predicted molar refractivity (Wildman–Crippen MR) is 98.5 cm³/mol. The first kappa shape index (κ1) is 17.1. The van der Waals surface area contributed by atoms with Gasteiger partial charge in [-0.15, -0.1) is 11.3 Å². The number of nitrogens with one attached hydrogen (secondary N) is 2. The topological polar surface area (TPSA) is 88.2 Å². The van der Waals surface area contributed by atoms with Crippen LogP contribution in [-0.2, 0) is 6.42 Å². The van der Waals surface area contributed by atoms with Crippen LogP contribution >= 0.6 is 11.3 Å². The van der Waals surface area contributed by atoms with E-state index in [1.807, 2.05) is 24.3 Å². The Morgan fingerprint density at radius 2 is 2.24 bits per heavy atom. The molecule has 0 spiro atoms. The van der Waals surface area contributed by atoms with Crippen molar-refractivity contribution >= 4 is 17.3 Å². The number of hydrogen-bond donors (Lipinski definition) is 2. The second kappa shape index (κ2) is 8.39. The van der Waals surface area contributed by atoms with Crippen LogP contribution in [0.15, 0.2) is 51.4 Å². The molecule has 0 aromatic carbocycles. The molecule has 3 rings (SSSR count). The van der Waals surface area contributed by atoms with Crippen LogP contribution in [0.3, 0.4) is 0 Å². The summed E-state index contributed by atoms with van der Waals surface area (Å²) in [6.45, 7) is 2.76. The van der Waals surface area contributed by atoms with E-state index in [9.17, 15) is 0 Å². The lowest BCUT2D eigenvalue weighted by Crippen LogP contribution is -2.39. The molecule has 7 nitrogen and oxygen atoms in total. The molecule has 2 N–H and O–H groups in total. The summed E-state index contributed by atoms with van der Waals surface area (Å²) >= 11 is 1.72. The summed E-state index contributed by atoms with van der Waals surface area (Å²) in [7, 11) is 1.75. The lowest BCUT2D eigenvalue weighted by atomic mass is 10.3. The van der Waals surface area contributed by atoms with Gasteiger partial charge in [0.2, 0.25) is 0 Å². The summed E-state index contributed by atoms with van der Waals surface area (Å²) in [5.41, 5.74) is 0.677. The van der Waals surface area contributed by atoms with Crippen LogP contribution in [0.5, 0.6) is 0 Å². The van der Waals surface area contributed by atoms with Crippen molar-refractivity contribution in [2.24, 2.45) is 4.99 Å². The summed E-state index contributed by atoms with van der Waals surface area (Å²) < 4.78 is 5.25. The lowest BCUT2D eigenvalue weighted by Gasteiger charge is -2.16. The SMILES string of the molecule is CN=C(NCCc1noc(-c2ccccn2)n1)NC(C)c1cccs1. The molecule has 3 heterocycles. The highest BCUT2D eigenvalue weighted by Crippen LogP contribution is 2.17. The Kier molecular flexibility index (Phi) is 5.73. The van der Waals surface area contributed by atoms with E-state index in [1.54, 1.807) is 24.6 Å². The van der Waals surface area contributed by atoms with Gasteiger partial charge in [0, 0.05) is 31.1 Å². The van der Waals surface area contributed by atoms with Crippen molar-refractivity contribution in [3.8, 4) is 11.6 Å². The van der Waals surface area contributed by atoms with Crippen molar-refractivity contribution in [3.63, 3.8) is 0 Å². The summed E-state index contributed by atoms with van der Waals surface area (Å²) in [6.07, 6.45) is 2.33. The van der Waals surface area contributed by atoms with E-state index in [-0.39, 0.29) is 6.04 Å². The maximum atomic E-state index is 5.25. The number of aromatic nitrogens is 3. The molecule has 0 bridgehead atoms. The third-order valence-electron chi connectivity index (χ3n) is 3.54. The molecular weight excluding hydrogens is 336 g/mol. The highest BCUT2D eigenvalue weighted by atomic mass is 32.1. The molecule has 0 saturated carbocycles. The van der Waals surface area contributed by atoms with Gasteiger partial charge in [0.15, 0.2) is 11.8 Å². The predicted octanol–water partition coefficient (Wildman–Crippen LogP) is 2.66. The summed E-state index contributed by atoms with van der Waals surface area (Å²) in [5.74, 6) is 1.81. The minimum atomic E-state index is 0.201. The van der Waals surface area contributed by atoms with Gasteiger partial charge in [-0.1, -0.05) is 17.3 Å². The Morgan fingerprint density at radius 3 is 2.96 bits per heavy atom. The van der Waals surface area contributed by atoms with Crippen LogP contribution < -0.4 is 10.6 Å². The zero-order chi connectivity index (χ0) is 17.5. The van der Waals surface area contributed by atoms with Crippen LogP contribution in [0.2, 0.25) is 0 Å². The normalized spacial score (nSPS) is 12.8. The first-order valence-electron chi connectivity index (χ1n) is 8.01. The van der Waals surface area contributed by atoms with Crippen molar-refractivity contribution in [1.29, 1.82) is 0 Å². The molecule has 1 unspecified atom stereocenters. The second-order valence-electron chi connectivity index (χ2n) is 5.36. The van der Waals surface area contributed by atoms with Gasteiger partial charge in [0.25, 0.3) is 5.89 Å². The standard InChI is InChI=1S/C17H20N6OS/c1-12(14-7-5-11-25-14)21-17(18-2)20-10-8-15-22-16(24-23-15)13-6-3-4-9-19-13/h3-7,9,11-12H,8,10H2,1-2H3,(H2,18,20,21). The minimum absolute atomic E-state index is 0.201. The molecule has 0 aliphatic carbocycles. The number of aliphatic imine (C=N–C) groups is 1. The van der Waals surface area contributed by atoms with Gasteiger partial charge in [-0.05, 0) is 30.5 Å². The van der Waals surface area contributed by atoms with E-state index < -0.39 is 0 Å². The smallest absolute Gasteiger partial charge is 0.276 e. The highest BCUT2D eigenvalue weighted by molar-refractivity contribution is 7.10. The third-order valence-corrected chi connectivity index (χ3v) is 4.59. The van der Waals surface area contributed by atoms with Gasteiger partial charge in [0.05, 0.1) is 6.04 Å². The van der Waals surface area contributed by atoms with Gasteiger partial charge in [-0.2, -0.15) is 4.98 Å². The van der Waals surface area contributed by atoms with Gasteiger partial charge < -0.3 is 15.2 Å². The first-order valence-corrected chi connectivity index (χ1v) is 8.89. The fraction of sp³-hybridized carbons (Fsp3) is 0.294. The minimum Gasteiger partial charge on any atom is -0.356 e. The zero-order valence-corrected chi connectivity index (χ0v) is 15.0. The van der Waals surface area contributed by atoms with E-state index in [0.29, 0.717) is 30.4 Å². The third kappa shape index (κ3) is 4.63. The number of nitrogens with zero attached hydrogens (tertiary/aromatic N) is 4. The fourth-order valence-corrected chi connectivity index (χ4v) is 2.98. The number of thiophene rings is 1. The van der Waals surface area contributed by atoms with Crippen molar-refractivity contribution < 1.29 is 4.52 Å². The molecule has 3 aromatic rings. The molecule has 0 fully saturated rings. The van der Waals surface area contributed by atoms with E-state index in [1.165, 1.54) is 4.88 Å². The molecule has 0 amide bonds. The molecule has 8 heteroatoms. The van der Waals surface area contributed by atoms with E-state index >= 15 is 0 Å². The molecule has 1 atom stereocenters. The maximum absolute atomic E-state index is 5.25. The van der Waals surface area contributed by atoms with Crippen LogP contribution in [0.4, 0.5) is 0 Å². The Bertz CT molecular complexity index is 800. The monoisotopic (exact) mass is 356 g/mol. The van der Waals surface area contributed by atoms with Gasteiger partial charge in [0.1, 0.15) is 5.69 Å². The zero-order valence-electron chi connectivity index (χ0n) is 14.1. The van der Waals surface area contributed by atoms with Gasteiger partial charge >= 0.3 is 0 Å². The van der Waals surface area contributed by atoms with Crippen LogP contribution in [0, 0.1) is 0 Å². The Balaban J connectivity index is 1.49. The average Bonchev–Trinajstić information content (AvgIpc) is 3.33. The van der Waals surface area contributed by atoms with E-state index in [0.717, 1.165) is 5.96 Å². The van der Waals surface area contributed by atoms with E-state index in [2.05, 4.69) is 49.1 Å². The van der Waals surface area contributed by atoms with E-state index in [4.69, 9.17) is 4.52 Å². The molecule has 25 heavy (non-hydrogen) atoms. The van der Waals surface area contributed by atoms with Crippen molar-refractivity contribution in [2.75, 3.05) is 13.6 Å². The van der Waals surface area contributed by atoms with Crippen LogP contribution in [0.25, 0.3) is 11.6 Å². The number of pyridine rings is 1. The molecule has 0 saturated heterocycles. The number of hydrogen-bond acceptors (Lipinski definition) is 6. The Hall–Kier alpha value is -2.74. The molecule has 0 aliphatic rings. The van der Waals surface area contributed by atoms with Crippen molar-refractivity contribution in [3.05, 3.63) is 52.6 Å². The molecule has 130 valence electrons. The largest absolute Gasteiger partial charge is 0.356 e. The summed E-state index contributed by atoms with van der Waals surface area (Å²) in [5, 5.41) is 12.7. The first-order chi connectivity index (χ1) is 12.3. The quantitative estimate of drug-likeness (QED) is 0.521. The molecule has 0 aliphatic heterocycles. The maximum Gasteiger partial charge on any atom is 0.276 e. The van der Waals surface area contributed by atoms with Crippen LogP contribution in [-0.4, -0.2) is 34.7 Å². The highest BCUT2D eigenvalue weighted by Gasteiger charge is 2.11. The van der Waals surface area contributed by atoms with Crippen molar-refractivity contribution in [1.82, 2.24) is 25.8 Å². The molecule has 0 radical (unpaired) electrons. The van der Waals surface area contributed by atoms with Crippen LogP contribution in [0.1, 0.15) is 23.7 Å². The number of guanidine groups is 1. The second-order valence-corrected chi connectivity index (χ2v) is 6.34. The average molecular weight is 356 g/mol. The lowest BCUT2D eigenvalue weighted by molar-refractivity contribution is 0.421. The Morgan fingerprint density at radius 1 is 1.32 bits per heavy atom. The number of rotatable bonds is 6. The Labute approximate surface area is 150 Å². The molecule has 3 aromatic heterocycles. The fourth-order valence-electron chi connectivity index (χ4n) is 2.25. The summed E-state index contributed by atoms with van der Waals surface area (Å²) in [4.78, 5) is 14.1. The van der Waals surface area contributed by atoms with Crippen molar-refractivity contribution in [2.45, 2.75) is 19.4 Å². The van der Waals surface area contributed by atoms with Gasteiger partial charge in [-0.25, -0.2) is 0 Å². The summed E-state index contributed by atoms with van der Waals surface area (Å²) in [6, 6.07) is 9.93. The van der Waals surface area contributed by atoms with Gasteiger partial charge in [-0.3, -0.25) is 9.98 Å².